The van der Waals surface area contributed by atoms with Gasteiger partial charge < -0.3 is 15.5 Å². The van der Waals surface area contributed by atoms with E-state index in [9.17, 15) is 9.18 Å². The molecule has 4 nitrogen and oxygen atoms in total. The minimum atomic E-state index is -0.203. The molecule has 0 radical (unpaired) electrons. The fourth-order valence-electron chi connectivity index (χ4n) is 3.17. The van der Waals surface area contributed by atoms with Gasteiger partial charge in [-0.1, -0.05) is 6.92 Å². The van der Waals surface area contributed by atoms with Gasteiger partial charge in [-0.15, -0.1) is 24.8 Å². The van der Waals surface area contributed by atoms with E-state index in [0.29, 0.717) is 11.8 Å². The summed E-state index contributed by atoms with van der Waals surface area (Å²) in [5.41, 5.74) is 1.06. The van der Waals surface area contributed by atoms with Crippen LogP contribution in [0.25, 0.3) is 0 Å². The average Bonchev–Trinajstić information content (AvgIpc) is 2.92. The highest BCUT2D eigenvalue weighted by molar-refractivity contribution is 5.85. The standard InChI is InChI=1S/C17H24FN3O.2ClH/c1-12(14-9-19-10-14)17(22)20-8-13-6-7-21(11-13)16-4-2-15(18)3-5-16;;/h2-5,12-14,19H,6-11H2,1H3,(H,20,22);2*1H. The number of amides is 1. The first-order chi connectivity index (χ1) is 10.6. The van der Waals surface area contributed by atoms with Crippen molar-refractivity contribution in [3.63, 3.8) is 0 Å². The van der Waals surface area contributed by atoms with Crippen LogP contribution in [0, 0.1) is 23.6 Å². The first kappa shape index (κ1) is 21.0. The van der Waals surface area contributed by atoms with Gasteiger partial charge in [0.25, 0.3) is 0 Å². The number of rotatable bonds is 5. The van der Waals surface area contributed by atoms with Crippen molar-refractivity contribution >= 4 is 36.4 Å². The molecule has 0 aromatic heterocycles. The van der Waals surface area contributed by atoms with Crippen molar-refractivity contribution in [3.8, 4) is 0 Å². The van der Waals surface area contributed by atoms with Gasteiger partial charge in [-0.3, -0.25) is 4.79 Å². The fourth-order valence-corrected chi connectivity index (χ4v) is 3.17. The van der Waals surface area contributed by atoms with E-state index in [2.05, 4.69) is 15.5 Å². The largest absolute Gasteiger partial charge is 0.371 e. The lowest BCUT2D eigenvalue weighted by Crippen LogP contribution is -2.50. The first-order valence-electron chi connectivity index (χ1n) is 8.12. The van der Waals surface area contributed by atoms with Gasteiger partial charge >= 0.3 is 0 Å². The number of benzene rings is 1. The van der Waals surface area contributed by atoms with Crippen LogP contribution in [0.3, 0.4) is 0 Å². The second kappa shape index (κ2) is 9.44. The molecule has 2 N–H and O–H groups in total. The predicted octanol–water partition coefficient (Wildman–Crippen LogP) is 2.47. The van der Waals surface area contributed by atoms with E-state index in [1.54, 1.807) is 0 Å². The van der Waals surface area contributed by atoms with E-state index >= 15 is 0 Å². The SMILES string of the molecule is CC(C(=O)NCC1CCN(c2ccc(F)cc2)C1)C1CNC1.Cl.Cl. The molecule has 1 aromatic rings. The Morgan fingerprint density at radius 2 is 2.00 bits per heavy atom. The van der Waals surface area contributed by atoms with Crippen LogP contribution in [0.5, 0.6) is 0 Å². The molecule has 0 spiro atoms. The average molecular weight is 378 g/mol. The number of carbonyl (C=O) groups is 1. The van der Waals surface area contributed by atoms with Crippen LogP contribution < -0.4 is 15.5 Å². The third-order valence-electron chi connectivity index (χ3n) is 4.98. The van der Waals surface area contributed by atoms with Crippen LogP contribution in [0.4, 0.5) is 10.1 Å². The van der Waals surface area contributed by atoms with Crippen LogP contribution in [0.1, 0.15) is 13.3 Å². The van der Waals surface area contributed by atoms with Crippen molar-refractivity contribution in [2.45, 2.75) is 13.3 Å². The molecule has 2 atom stereocenters. The van der Waals surface area contributed by atoms with Gasteiger partial charge in [0.15, 0.2) is 0 Å². The number of anilines is 1. The van der Waals surface area contributed by atoms with Gasteiger partial charge in [0, 0.05) is 31.2 Å². The van der Waals surface area contributed by atoms with E-state index in [4.69, 9.17) is 0 Å². The Balaban J connectivity index is 0.00000144. The molecule has 0 aliphatic carbocycles. The maximum atomic E-state index is 13.0. The molecule has 2 fully saturated rings. The number of hydrogen-bond acceptors (Lipinski definition) is 3. The van der Waals surface area contributed by atoms with Gasteiger partial charge in [-0.05, 0) is 55.6 Å². The molecule has 1 amide bonds. The second-order valence-corrected chi connectivity index (χ2v) is 6.53. The van der Waals surface area contributed by atoms with E-state index in [0.717, 1.165) is 44.8 Å². The first-order valence-corrected chi connectivity index (χ1v) is 8.12. The zero-order valence-electron chi connectivity index (χ0n) is 13.8. The van der Waals surface area contributed by atoms with Gasteiger partial charge in [0.1, 0.15) is 5.82 Å². The fraction of sp³-hybridized carbons (Fsp3) is 0.588. The van der Waals surface area contributed by atoms with E-state index in [-0.39, 0.29) is 42.5 Å². The normalized spacial score (nSPS) is 21.2. The maximum Gasteiger partial charge on any atom is 0.223 e. The lowest BCUT2D eigenvalue weighted by Gasteiger charge is -2.32. The van der Waals surface area contributed by atoms with Crippen molar-refractivity contribution in [1.82, 2.24) is 10.6 Å². The Labute approximate surface area is 155 Å². The molecule has 3 rings (SSSR count). The Morgan fingerprint density at radius 1 is 1.33 bits per heavy atom. The molecule has 7 heteroatoms. The van der Waals surface area contributed by atoms with Crippen LogP contribution in [-0.4, -0.2) is 38.6 Å². The second-order valence-electron chi connectivity index (χ2n) is 6.53. The zero-order chi connectivity index (χ0) is 15.5. The molecule has 2 saturated heterocycles. The Hall–Kier alpha value is -1.04. The molecule has 2 unspecified atom stereocenters. The molecule has 1 aromatic carbocycles. The number of hydrogen-bond donors (Lipinski definition) is 2. The van der Waals surface area contributed by atoms with Crippen LogP contribution in [0.2, 0.25) is 0 Å². The minimum Gasteiger partial charge on any atom is -0.371 e. The quantitative estimate of drug-likeness (QED) is 0.828. The highest BCUT2D eigenvalue weighted by atomic mass is 35.5. The van der Waals surface area contributed by atoms with Crippen molar-refractivity contribution in [3.05, 3.63) is 30.1 Å². The van der Waals surface area contributed by atoms with Gasteiger partial charge in [-0.2, -0.15) is 0 Å². The van der Waals surface area contributed by atoms with Crippen molar-refractivity contribution < 1.29 is 9.18 Å². The Kier molecular flexibility index (Phi) is 8.27. The summed E-state index contributed by atoms with van der Waals surface area (Å²) in [7, 11) is 0. The molecule has 0 bridgehead atoms. The monoisotopic (exact) mass is 377 g/mol. The smallest absolute Gasteiger partial charge is 0.223 e. The van der Waals surface area contributed by atoms with Crippen LogP contribution >= 0.6 is 24.8 Å². The zero-order valence-corrected chi connectivity index (χ0v) is 15.5. The molecular formula is C17H26Cl2FN3O. The van der Waals surface area contributed by atoms with Gasteiger partial charge in [0.2, 0.25) is 5.91 Å². The molecule has 2 aliphatic heterocycles. The number of nitrogens with zero attached hydrogens (tertiary/aromatic N) is 1. The molecule has 2 aliphatic rings. The molecule has 2 heterocycles. The number of halogens is 3. The third kappa shape index (κ3) is 4.98. The molecule has 136 valence electrons. The summed E-state index contributed by atoms with van der Waals surface area (Å²) >= 11 is 0. The predicted molar refractivity (Wildman–Crippen MR) is 99.7 cm³/mol. The summed E-state index contributed by atoms with van der Waals surface area (Å²) in [6.07, 6.45) is 1.07. The lowest BCUT2D eigenvalue weighted by molar-refractivity contribution is -0.126. The number of nitrogens with one attached hydrogen (secondary N) is 2. The van der Waals surface area contributed by atoms with E-state index in [1.165, 1.54) is 12.1 Å². The lowest BCUT2D eigenvalue weighted by atomic mass is 9.88. The summed E-state index contributed by atoms with van der Waals surface area (Å²) in [5, 5.41) is 6.31. The van der Waals surface area contributed by atoms with Crippen molar-refractivity contribution in [2.75, 3.05) is 37.6 Å². The molecule has 0 saturated carbocycles. The van der Waals surface area contributed by atoms with Gasteiger partial charge in [0.05, 0.1) is 0 Å². The summed E-state index contributed by atoms with van der Waals surface area (Å²) < 4.78 is 13.0. The minimum absolute atomic E-state index is 0. The maximum absolute atomic E-state index is 13.0. The molecule has 24 heavy (non-hydrogen) atoms. The van der Waals surface area contributed by atoms with Crippen LogP contribution in [0.15, 0.2) is 24.3 Å². The highest BCUT2D eigenvalue weighted by Gasteiger charge is 2.29. The number of carbonyl (C=O) groups excluding carboxylic acids is 1. The summed E-state index contributed by atoms with van der Waals surface area (Å²) in [4.78, 5) is 14.4. The van der Waals surface area contributed by atoms with E-state index in [1.807, 2.05) is 19.1 Å². The molecular weight excluding hydrogens is 352 g/mol. The summed E-state index contributed by atoms with van der Waals surface area (Å²) in [6.45, 7) is 6.55. The Bertz CT molecular complexity index is 525. The Morgan fingerprint density at radius 3 is 2.58 bits per heavy atom. The van der Waals surface area contributed by atoms with Gasteiger partial charge in [-0.25, -0.2) is 4.39 Å². The van der Waals surface area contributed by atoms with Crippen molar-refractivity contribution in [1.29, 1.82) is 0 Å². The van der Waals surface area contributed by atoms with Crippen LogP contribution in [-0.2, 0) is 4.79 Å². The topological polar surface area (TPSA) is 44.4 Å². The highest BCUT2D eigenvalue weighted by Crippen LogP contribution is 2.24. The third-order valence-corrected chi connectivity index (χ3v) is 4.98. The summed E-state index contributed by atoms with van der Waals surface area (Å²) in [6, 6.07) is 6.64. The van der Waals surface area contributed by atoms with E-state index < -0.39 is 0 Å². The van der Waals surface area contributed by atoms with Crippen molar-refractivity contribution in [2.24, 2.45) is 17.8 Å². The summed E-state index contributed by atoms with van der Waals surface area (Å²) in [5.74, 6) is 1.02.